The van der Waals surface area contributed by atoms with Gasteiger partial charge in [-0.15, -0.1) is 11.3 Å². The zero-order valence-corrected chi connectivity index (χ0v) is 15.5. The molecule has 0 saturated carbocycles. The van der Waals surface area contributed by atoms with E-state index in [9.17, 15) is 4.79 Å². The van der Waals surface area contributed by atoms with Crippen molar-refractivity contribution in [2.24, 2.45) is 0 Å². The Morgan fingerprint density at radius 3 is 2.96 bits per heavy atom. The lowest BCUT2D eigenvalue weighted by Crippen LogP contribution is -2.28. The Bertz CT molecular complexity index is 1050. The summed E-state index contributed by atoms with van der Waals surface area (Å²) in [5.41, 5.74) is 2.58. The average Bonchev–Trinajstić information content (AvgIpc) is 3.47. The monoisotopic (exact) mass is 380 g/mol. The van der Waals surface area contributed by atoms with Crippen molar-refractivity contribution in [1.82, 2.24) is 19.4 Å². The lowest BCUT2D eigenvalue weighted by atomic mass is 10.2. The molecule has 1 atom stereocenters. The first kappa shape index (κ1) is 15.7. The number of nitrogens with zero attached hydrogens (tertiary/aromatic N) is 4. The van der Waals surface area contributed by atoms with Crippen molar-refractivity contribution in [1.29, 1.82) is 0 Å². The van der Waals surface area contributed by atoms with Crippen molar-refractivity contribution in [3.05, 3.63) is 58.2 Å². The number of rotatable bonds is 3. The molecule has 4 aromatic rings. The quantitative estimate of drug-likeness (QED) is 0.532. The van der Waals surface area contributed by atoms with E-state index >= 15 is 0 Å². The van der Waals surface area contributed by atoms with Crippen LogP contribution < -0.4 is 0 Å². The third-order valence-electron chi connectivity index (χ3n) is 4.77. The molecule has 1 aliphatic rings. The van der Waals surface area contributed by atoms with E-state index < -0.39 is 0 Å². The van der Waals surface area contributed by atoms with E-state index in [1.807, 2.05) is 46.1 Å². The standard InChI is InChI=1S/C19H16N4OS2/c24-19(13-6-10-25-12-13)22-8-5-14(11-22)23-17-15(3-1-7-20-17)21-18(23)16-4-2-9-26-16/h1-4,6-7,9-10,12,14H,5,8,11H2. The van der Waals surface area contributed by atoms with Crippen LogP contribution in [0.5, 0.6) is 0 Å². The van der Waals surface area contributed by atoms with Crippen LogP contribution in [0.4, 0.5) is 0 Å². The third kappa shape index (κ3) is 2.55. The second-order valence-electron chi connectivity index (χ2n) is 6.33. The maximum Gasteiger partial charge on any atom is 0.254 e. The van der Waals surface area contributed by atoms with Gasteiger partial charge in [0.2, 0.25) is 0 Å². The average molecular weight is 380 g/mol. The number of imidazole rings is 1. The topological polar surface area (TPSA) is 51.0 Å². The Morgan fingerprint density at radius 1 is 1.19 bits per heavy atom. The molecule has 26 heavy (non-hydrogen) atoms. The summed E-state index contributed by atoms with van der Waals surface area (Å²) < 4.78 is 2.22. The van der Waals surface area contributed by atoms with E-state index in [4.69, 9.17) is 4.98 Å². The lowest BCUT2D eigenvalue weighted by molar-refractivity contribution is 0.0788. The van der Waals surface area contributed by atoms with Crippen LogP contribution in [-0.4, -0.2) is 38.4 Å². The predicted octanol–water partition coefficient (Wildman–Crippen LogP) is 4.31. The second kappa shape index (κ2) is 6.34. The lowest BCUT2D eigenvalue weighted by Gasteiger charge is -2.18. The van der Waals surface area contributed by atoms with Gasteiger partial charge in [-0.2, -0.15) is 11.3 Å². The number of hydrogen-bond donors (Lipinski definition) is 0. The van der Waals surface area contributed by atoms with E-state index in [1.165, 1.54) is 0 Å². The summed E-state index contributed by atoms with van der Waals surface area (Å²) in [5, 5.41) is 5.93. The number of aromatic nitrogens is 3. The molecule has 0 N–H and O–H groups in total. The minimum absolute atomic E-state index is 0.115. The summed E-state index contributed by atoms with van der Waals surface area (Å²) in [7, 11) is 0. The summed E-state index contributed by atoms with van der Waals surface area (Å²) in [4.78, 5) is 25.2. The van der Waals surface area contributed by atoms with Gasteiger partial charge < -0.3 is 9.47 Å². The van der Waals surface area contributed by atoms with Gasteiger partial charge in [0.15, 0.2) is 11.5 Å². The van der Waals surface area contributed by atoms with Crippen LogP contribution in [0.1, 0.15) is 22.8 Å². The molecular formula is C19H16N4OS2. The van der Waals surface area contributed by atoms with Crippen LogP contribution in [0.2, 0.25) is 0 Å². The minimum Gasteiger partial charge on any atom is -0.336 e. The fourth-order valence-electron chi connectivity index (χ4n) is 3.56. The first-order valence-electron chi connectivity index (χ1n) is 8.49. The molecule has 5 rings (SSSR count). The second-order valence-corrected chi connectivity index (χ2v) is 8.06. The zero-order chi connectivity index (χ0) is 17.5. The molecular weight excluding hydrogens is 364 g/mol. The SMILES string of the molecule is O=C(c1ccsc1)N1CCC(n2c(-c3cccs3)nc3cccnc32)C1. The summed E-state index contributed by atoms with van der Waals surface area (Å²) in [6.07, 6.45) is 2.72. The zero-order valence-electron chi connectivity index (χ0n) is 13.9. The fraction of sp³-hybridized carbons (Fsp3) is 0.211. The summed E-state index contributed by atoms with van der Waals surface area (Å²) >= 11 is 3.24. The van der Waals surface area contributed by atoms with Gasteiger partial charge in [-0.1, -0.05) is 6.07 Å². The van der Waals surface area contributed by atoms with Gasteiger partial charge in [-0.05, 0) is 41.4 Å². The van der Waals surface area contributed by atoms with E-state index in [0.717, 1.165) is 40.4 Å². The molecule has 0 bridgehead atoms. The maximum absolute atomic E-state index is 12.7. The molecule has 7 heteroatoms. The van der Waals surface area contributed by atoms with Crippen LogP contribution in [-0.2, 0) is 0 Å². The summed E-state index contributed by atoms with van der Waals surface area (Å²) in [5.74, 6) is 1.06. The first-order valence-corrected chi connectivity index (χ1v) is 10.3. The van der Waals surface area contributed by atoms with Crippen molar-refractivity contribution < 1.29 is 4.79 Å². The molecule has 0 radical (unpaired) electrons. The molecule has 130 valence electrons. The Balaban J connectivity index is 1.53. The van der Waals surface area contributed by atoms with Crippen LogP contribution in [0, 0.1) is 0 Å². The molecule has 1 unspecified atom stereocenters. The van der Waals surface area contributed by atoms with Crippen molar-refractivity contribution >= 4 is 39.7 Å². The summed E-state index contributed by atoms with van der Waals surface area (Å²) in [6, 6.07) is 10.1. The molecule has 1 aliphatic heterocycles. The molecule has 1 fully saturated rings. The van der Waals surface area contributed by atoms with E-state index in [0.29, 0.717) is 6.54 Å². The highest BCUT2D eigenvalue weighted by Gasteiger charge is 2.31. The summed E-state index contributed by atoms with van der Waals surface area (Å²) in [6.45, 7) is 1.45. The van der Waals surface area contributed by atoms with E-state index in [1.54, 1.807) is 22.7 Å². The van der Waals surface area contributed by atoms with Crippen molar-refractivity contribution in [2.75, 3.05) is 13.1 Å². The van der Waals surface area contributed by atoms with Crippen LogP contribution in [0.25, 0.3) is 21.9 Å². The van der Waals surface area contributed by atoms with Gasteiger partial charge in [-0.3, -0.25) is 4.79 Å². The maximum atomic E-state index is 12.7. The number of carbonyl (C=O) groups is 1. The van der Waals surface area contributed by atoms with E-state index in [-0.39, 0.29) is 11.9 Å². The highest BCUT2D eigenvalue weighted by molar-refractivity contribution is 7.13. The molecule has 4 aromatic heterocycles. The molecule has 1 saturated heterocycles. The number of amides is 1. The molecule has 5 nitrogen and oxygen atoms in total. The molecule has 1 amide bonds. The largest absolute Gasteiger partial charge is 0.336 e. The number of fused-ring (bicyclic) bond motifs is 1. The number of carbonyl (C=O) groups excluding carboxylic acids is 1. The first-order chi connectivity index (χ1) is 12.8. The molecule has 0 spiro atoms. The number of likely N-dealkylation sites (tertiary alicyclic amines) is 1. The van der Waals surface area contributed by atoms with Crippen LogP contribution in [0.15, 0.2) is 52.7 Å². The Kier molecular flexibility index (Phi) is 3.83. The van der Waals surface area contributed by atoms with Gasteiger partial charge in [0.1, 0.15) is 5.52 Å². The molecule has 0 aliphatic carbocycles. The van der Waals surface area contributed by atoms with Gasteiger partial charge in [-0.25, -0.2) is 9.97 Å². The van der Waals surface area contributed by atoms with Gasteiger partial charge in [0.25, 0.3) is 5.91 Å². The van der Waals surface area contributed by atoms with Gasteiger partial charge >= 0.3 is 0 Å². The van der Waals surface area contributed by atoms with Gasteiger partial charge in [0, 0.05) is 24.7 Å². The normalized spacial score (nSPS) is 17.2. The molecule has 0 aromatic carbocycles. The van der Waals surface area contributed by atoms with Crippen molar-refractivity contribution in [2.45, 2.75) is 12.5 Å². The highest BCUT2D eigenvalue weighted by Crippen LogP contribution is 2.34. The van der Waals surface area contributed by atoms with Crippen LogP contribution in [0.3, 0.4) is 0 Å². The van der Waals surface area contributed by atoms with Crippen molar-refractivity contribution in [3.63, 3.8) is 0 Å². The predicted molar refractivity (Wildman–Crippen MR) is 105 cm³/mol. The van der Waals surface area contributed by atoms with Crippen molar-refractivity contribution in [3.8, 4) is 10.7 Å². The molecule has 5 heterocycles. The minimum atomic E-state index is 0.115. The smallest absolute Gasteiger partial charge is 0.254 e. The third-order valence-corrected chi connectivity index (χ3v) is 6.32. The number of thiophene rings is 2. The Labute approximate surface area is 158 Å². The Morgan fingerprint density at radius 2 is 2.15 bits per heavy atom. The Hall–Kier alpha value is -2.51. The van der Waals surface area contributed by atoms with E-state index in [2.05, 4.69) is 21.0 Å². The highest BCUT2D eigenvalue weighted by atomic mass is 32.1. The van der Waals surface area contributed by atoms with Gasteiger partial charge in [0.05, 0.1) is 16.5 Å². The van der Waals surface area contributed by atoms with Crippen LogP contribution >= 0.6 is 22.7 Å². The number of hydrogen-bond acceptors (Lipinski definition) is 5. The fourth-order valence-corrected chi connectivity index (χ4v) is 4.90. The number of pyridine rings is 1.